The second kappa shape index (κ2) is 17.1. The monoisotopic (exact) mass is 478 g/mol. The normalized spacial score (nSPS) is 14.5. The van der Waals surface area contributed by atoms with Crippen LogP contribution in [0, 0.1) is 24.6 Å². The molecule has 1 fully saturated rings. The van der Waals surface area contributed by atoms with Crippen molar-refractivity contribution in [3.8, 4) is 0 Å². The van der Waals surface area contributed by atoms with Crippen molar-refractivity contribution in [2.75, 3.05) is 31.1 Å². The van der Waals surface area contributed by atoms with Crippen LogP contribution >= 0.6 is 0 Å². The van der Waals surface area contributed by atoms with Crippen molar-refractivity contribution in [3.05, 3.63) is 29.1 Å². The number of Topliss-reactive ketones (excluding diaryl/α,β-unsaturated/α-hetero) is 3. The van der Waals surface area contributed by atoms with E-state index < -0.39 is 0 Å². The lowest BCUT2D eigenvalue weighted by Crippen LogP contribution is -2.44. The first-order chi connectivity index (χ1) is 16.0. The van der Waals surface area contributed by atoms with Gasteiger partial charge in [-0.1, -0.05) is 27.7 Å². The molecule has 2 rings (SSSR count). The third kappa shape index (κ3) is 11.1. The quantitative estimate of drug-likeness (QED) is 0.399. The summed E-state index contributed by atoms with van der Waals surface area (Å²) in [4.78, 5) is 44.8. The van der Waals surface area contributed by atoms with Gasteiger partial charge in [0.2, 0.25) is 0 Å². The number of nitrogens with one attached hydrogen (secondary N) is 1. The topological polar surface area (TPSA) is 83.5 Å². The van der Waals surface area contributed by atoms with Gasteiger partial charge in [-0.05, 0) is 51.3 Å². The molecule has 0 aromatic heterocycles. The van der Waals surface area contributed by atoms with Crippen LogP contribution in [0.15, 0.2) is 12.1 Å². The highest BCUT2D eigenvalue weighted by molar-refractivity contribution is 5.99. The van der Waals surface area contributed by atoms with Gasteiger partial charge in [-0.3, -0.25) is 14.4 Å². The molecule has 1 saturated heterocycles. The molecule has 6 nitrogen and oxygen atoms in total. The second-order valence-electron chi connectivity index (χ2n) is 8.71. The van der Waals surface area contributed by atoms with Crippen LogP contribution < -0.4 is 10.2 Å². The van der Waals surface area contributed by atoms with Crippen LogP contribution in [-0.2, 0) is 14.4 Å². The van der Waals surface area contributed by atoms with E-state index in [1.165, 1.54) is 13.0 Å². The molecule has 0 bridgehead atoms. The Morgan fingerprint density at radius 3 is 2.15 bits per heavy atom. The molecular weight excluding hydrogens is 435 g/mol. The first-order valence-corrected chi connectivity index (χ1v) is 12.3. The van der Waals surface area contributed by atoms with Gasteiger partial charge in [0.25, 0.3) is 0 Å². The van der Waals surface area contributed by atoms with Crippen LogP contribution in [0.25, 0.3) is 0 Å². The lowest BCUT2D eigenvalue weighted by Gasteiger charge is -2.30. The Bertz CT molecular complexity index is 804. The minimum atomic E-state index is -0.231. The maximum absolute atomic E-state index is 14.2. The Morgan fingerprint density at radius 2 is 1.68 bits per heavy atom. The zero-order valence-corrected chi connectivity index (χ0v) is 22.0. The summed E-state index contributed by atoms with van der Waals surface area (Å²) in [6.45, 7) is 15.7. The van der Waals surface area contributed by atoms with Gasteiger partial charge in [0.15, 0.2) is 5.78 Å². The van der Waals surface area contributed by atoms with Crippen LogP contribution in [0.2, 0.25) is 0 Å². The van der Waals surface area contributed by atoms with Gasteiger partial charge in [0.05, 0.1) is 5.69 Å². The second-order valence-corrected chi connectivity index (χ2v) is 8.71. The van der Waals surface area contributed by atoms with Crippen molar-refractivity contribution in [1.82, 2.24) is 5.32 Å². The molecule has 1 aliphatic rings. The van der Waals surface area contributed by atoms with Crippen LogP contribution in [0.3, 0.4) is 0 Å². The summed E-state index contributed by atoms with van der Waals surface area (Å²) in [5.41, 5.74) is 1.95. The maximum Gasteiger partial charge on any atom is 0.165 e. The smallest absolute Gasteiger partial charge is 0.165 e. The van der Waals surface area contributed by atoms with Crippen LogP contribution in [0.1, 0.15) is 83.1 Å². The number of piperazine rings is 1. The first kappa shape index (κ1) is 31.6. The SMILES string of the molecule is CC=O.CCC(=O)CCC(C)C(C)=O.CCC(C)C(=O)c1cc(N2CCNCC2)c(F)cc1C. The Kier molecular flexibility index (Phi) is 15.9. The molecule has 2 unspecified atom stereocenters. The molecule has 1 aliphatic heterocycles. The van der Waals surface area contributed by atoms with Crippen molar-refractivity contribution in [2.45, 2.75) is 74.1 Å². The number of hydrogen-bond acceptors (Lipinski definition) is 6. The van der Waals surface area contributed by atoms with E-state index in [1.54, 1.807) is 19.9 Å². The number of ketones is 3. The van der Waals surface area contributed by atoms with Gasteiger partial charge in [0.1, 0.15) is 23.7 Å². The summed E-state index contributed by atoms with van der Waals surface area (Å²) in [7, 11) is 0. The number of aldehydes is 1. The first-order valence-electron chi connectivity index (χ1n) is 12.3. The van der Waals surface area contributed by atoms with E-state index >= 15 is 0 Å². The third-order valence-corrected chi connectivity index (χ3v) is 6.02. The van der Waals surface area contributed by atoms with Crippen molar-refractivity contribution in [3.63, 3.8) is 0 Å². The van der Waals surface area contributed by atoms with Crippen molar-refractivity contribution in [1.29, 1.82) is 0 Å². The number of carbonyl (C=O) groups excluding carboxylic acids is 4. The van der Waals surface area contributed by atoms with E-state index in [2.05, 4.69) is 5.32 Å². The molecule has 0 spiro atoms. The average Bonchev–Trinajstić information content (AvgIpc) is 2.82. The van der Waals surface area contributed by atoms with Crippen LogP contribution in [0.4, 0.5) is 10.1 Å². The number of rotatable bonds is 9. The van der Waals surface area contributed by atoms with Gasteiger partial charge in [0, 0.05) is 56.4 Å². The molecule has 1 heterocycles. The highest BCUT2D eigenvalue weighted by atomic mass is 19.1. The lowest BCUT2D eigenvalue weighted by atomic mass is 9.93. The molecule has 0 saturated carbocycles. The molecule has 2 atom stereocenters. The fraction of sp³-hybridized carbons (Fsp3) is 0.630. The molecule has 1 aromatic rings. The lowest BCUT2D eigenvalue weighted by molar-refractivity contribution is -0.121. The molecular formula is C27H43FN2O4. The molecule has 0 amide bonds. The Morgan fingerprint density at radius 1 is 1.12 bits per heavy atom. The van der Waals surface area contributed by atoms with E-state index in [-0.39, 0.29) is 35.0 Å². The van der Waals surface area contributed by atoms with E-state index in [0.29, 0.717) is 30.5 Å². The number of nitrogens with zero attached hydrogens (tertiary/aromatic N) is 1. The van der Waals surface area contributed by atoms with E-state index in [9.17, 15) is 18.8 Å². The minimum absolute atomic E-state index is 0.0185. The molecule has 1 aromatic carbocycles. The zero-order chi connectivity index (χ0) is 26.3. The number of benzene rings is 1. The van der Waals surface area contributed by atoms with Crippen LogP contribution in [0.5, 0.6) is 0 Å². The van der Waals surface area contributed by atoms with Gasteiger partial charge in [-0.25, -0.2) is 4.39 Å². The van der Waals surface area contributed by atoms with E-state index in [0.717, 1.165) is 44.4 Å². The predicted octanol–water partition coefficient (Wildman–Crippen LogP) is 4.95. The van der Waals surface area contributed by atoms with Crippen molar-refractivity contribution < 1.29 is 23.6 Å². The average molecular weight is 479 g/mol. The fourth-order valence-electron chi connectivity index (χ4n) is 3.28. The largest absolute Gasteiger partial charge is 0.367 e. The Labute approximate surface area is 204 Å². The number of carbonyl (C=O) groups is 4. The molecule has 0 radical (unpaired) electrons. The summed E-state index contributed by atoms with van der Waals surface area (Å²) in [6, 6.07) is 3.23. The third-order valence-electron chi connectivity index (χ3n) is 6.02. The summed E-state index contributed by atoms with van der Waals surface area (Å²) in [5.74, 6) is 0.332. The van der Waals surface area contributed by atoms with Crippen molar-refractivity contribution in [2.24, 2.45) is 11.8 Å². The van der Waals surface area contributed by atoms with E-state index in [1.807, 2.05) is 32.6 Å². The van der Waals surface area contributed by atoms with Crippen LogP contribution in [-0.4, -0.2) is 49.8 Å². The van der Waals surface area contributed by atoms with Gasteiger partial charge >= 0.3 is 0 Å². The highest BCUT2D eigenvalue weighted by Crippen LogP contribution is 2.26. The number of aryl methyl sites for hydroxylation is 1. The summed E-state index contributed by atoms with van der Waals surface area (Å²) in [5, 5.41) is 3.25. The zero-order valence-electron chi connectivity index (χ0n) is 22.0. The fourth-order valence-corrected chi connectivity index (χ4v) is 3.28. The Hall–Kier alpha value is -2.41. The molecule has 34 heavy (non-hydrogen) atoms. The standard InChI is InChI=1S/C16H23FN2O.C9H16O2.C2H4O/c1-4-11(2)16(20)13-10-15(14(17)9-12(13)3)19-7-5-18-6-8-19;1-4-9(11)6-5-7(2)8(3)10;1-2-3/h9-11,18H,4-8H2,1-3H3;7H,4-6H2,1-3H3;2H,1H3. The molecule has 0 aliphatic carbocycles. The summed E-state index contributed by atoms with van der Waals surface area (Å²) >= 11 is 0. The molecule has 192 valence electrons. The molecule has 7 heteroatoms. The predicted molar refractivity (Wildman–Crippen MR) is 136 cm³/mol. The number of halogens is 1. The van der Waals surface area contributed by atoms with E-state index in [4.69, 9.17) is 4.79 Å². The van der Waals surface area contributed by atoms with Gasteiger partial charge in [-0.2, -0.15) is 0 Å². The highest BCUT2D eigenvalue weighted by Gasteiger charge is 2.21. The minimum Gasteiger partial charge on any atom is -0.367 e. The maximum atomic E-state index is 14.2. The summed E-state index contributed by atoms with van der Waals surface area (Å²) in [6.07, 6.45) is 3.41. The number of anilines is 1. The number of hydrogen-bond donors (Lipinski definition) is 1. The summed E-state index contributed by atoms with van der Waals surface area (Å²) < 4.78 is 14.2. The Balaban J connectivity index is 0.000000660. The van der Waals surface area contributed by atoms with Gasteiger partial charge in [-0.15, -0.1) is 0 Å². The van der Waals surface area contributed by atoms with Crippen molar-refractivity contribution >= 4 is 29.3 Å². The van der Waals surface area contributed by atoms with Gasteiger partial charge < -0.3 is 15.0 Å². The molecule has 1 N–H and O–H groups in total.